The van der Waals surface area contributed by atoms with Crippen LogP contribution in [-0.4, -0.2) is 58.3 Å². The third-order valence-corrected chi connectivity index (χ3v) is 7.94. The number of amides is 1. The number of dihydropyridines is 1. The normalized spacial score (nSPS) is 25.2. The van der Waals surface area contributed by atoms with E-state index in [0.29, 0.717) is 24.7 Å². The third kappa shape index (κ3) is 6.15. The predicted molar refractivity (Wildman–Crippen MR) is 134 cm³/mol. The summed E-state index contributed by atoms with van der Waals surface area (Å²) in [6, 6.07) is 0.824. The largest absolute Gasteiger partial charge is 0.439 e. The maximum absolute atomic E-state index is 13.4. The number of ether oxygens (including phenoxy) is 1. The smallest absolute Gasteiger partial charge is 0.416 e. The average Bonchev–Trinajstić information content (AvgIpc) is 3.13. The molecule has 1 aliphatic carbocycles. The molecular formula is C26H30BrF6N3O2. The molecule has 5 nitrogen and oxygen atoms in total. The van der Waals surface area contributed by atoms with Gasteiger partial charge in [0.05, 0.1) is 35.1 Å². The van der Waals surface area contributed by atoms with Crippen LogP contribution >= 0.6 is 15.9 Å². The fourth-order valence-electron chi connectivity index (χ4n) is 5.48. The van der Waals surface area contributed by atoms with Crippen molar-refractivity contribution in [3.63, 3.8) is 0 Å². The van der Waals surface area contributed by atoms with Crippen LogP contribution in [0.5, 0.6) is 0 Å². The van der Waals surface area contributed by atoms with Crippen molar-refractivity contribution >= 4 is 27.9 Å². The van der Waals surface area contributed by atoms with E-state index in [1.807, 2.05) is 13.0 Å². The standard InChI is InChI=1S/C26H30BrF6N3O2/c1-3-35(21-7-5-4-6-8-21)23-17(11-20(27)13-34-23)14-36-15(2)22(38-24(36)37)16-9-18(25(28,29)30)12-19(10-16)26(31,32)33/h9-12,15,20-22H,3-8,13-14H2,1-2H3/t15-,20?,22-/m0/s1. The molecule has 3 atom stereocenters. The molecule has 2 aliphatic heterocycles. The molecule has 0 N–H and O–H groups in total. The van der Waals surface area contributed by atoms with Gasteiger partial charge in [-0.3, -0.25) is 9.89 Å². The van der Waals surface area contributed by atoms with E-state index in [1.54, 1.807) is 6.92 Å². The van der Waals surface area contributed by atoms with Crippen LogP contribution in [0.3, 0.4) is 0 Å². The number of halogens is 7. The summed E-state index contributed by atoms with van der Waals surface area (Å²) in [5, 5.41) is 0. The second kappa shape index (κ2) is 11.1. The summed E-state index contributed by atoms with van der Waals surface area (Å²) in [7, 11) is 0. The summed E-state index contributed by atoms with van der Waals surface area (Å²) in [5.74, 6) is 0.775. The zero-order valence-electron chi connectivity index (χ0n) is 21.1. The molecular weight excluding hydrogens is 580 g/mol. The molecule has 0 bridgehead atoms. The summed E-state index contributed by atoms with van der Waals surface area (Å²) in [4.78, 5) is 21.2. The molecule has 2 heterocycles. The molecule has 3 aliphatic rings. The van der Waals surface area contributed by atoms with Crippen LogP contribution in [0.15, 0.2) is 34.8 Å². The van der Waals surface area contributed by atoms with E-state index in [1.165, 1.54) is 11.3 Å². The number of alkyl halides is 7. The van der Waals surface area contributed by atoms with Gasteiger partial charge in [-0.05, 0) is 50.5 Å². The van der Waals surface area contributed by atoms with Crippen molar-refractivity contribution in [2.75, 3.05) is 19.6 Å². The Balaban J connectivity index is 1.61. The Kier molecular flexibility index (Phi) is 8.40. The number of aliphatic imine (C=N–C) groups is 1. The minimum absolute atomic E-state index is 0.0613. The number of carbonyl (C=O) groups excluding carboxylic acids is 1. The SMILES string of the molecule is CCN(C1=NCC(Br)C=C1CN1C(=O)O[C@H](c2cc(C(F)(F)F)cc(C(F)(F)F)c2)[C@@H]1C)C1CCCCC1. The summed E-state index contributed by atoms with van der Waals surface area (Å²) in [6.45, 7) is 4.93. The summed E-state index contributed by atoms with van der Waals surface area (Å²) < 4.78 is 85.8. The zero-order valence-corrected chi connectivity index (χ0v) is 22.7. The van der Waals surface area contributed by atoms with Gasteiger partial charge in [-0.1, -0.05) is 41.3 Å². The Hall–Kier alpha value is -2.24. The highest BCUT2D eigenvalue weighted by Crippen LogP contribution is 2.41. The molecule has 12 heteroatoms. The lowest BCUT2D eigenvalue weighted by atomic mass is 9.93. The first kappa shape index (κ1) is 28.8. The van der Waals surface area contributed by atoms with Crippen molar-refractivity contribution in [3.8, 4) is 0 Å². The molecule has 38 heavy (non-hydrogen) atoms. The van der Waals surface area contributed by atoms with Gasteiger partial charge in [0.15, 0.2) is 0 Å². The third-order valence-electron chi connectivity index (χ3n) is 7.38. The Labute approximate surface area is 226 Å². The zero-order chi connectivity index (χ0) is 27.8. The highest BCUT2D eigenvalue weighted by atomic mass is 79.9. The van der Waals surface area contributed by atoms with Gasteiger partial charge >= 0.3 is 18.4 Å². The van der Waals surface area contributed by atoms with Gasteiger partial charge in [-0.2, -0.15) is 26.3 Å². The van der Waals surface area contributed by atoms with Gasteiger partial charge in [0.1, 0.15) is 11.9 Å². The maximum Gasteiger partial charge on any atom is 0.416 e. The molecule has 1 aromatic rings. The quantitative estimate of drug-likeness (QED) is 0.259. The fraction of sp³-hybridized carbons (Fsp3) is 0.615. The molecule has 1 saturated carbocycles. The lowest BCUT2D eigenvalue weighted by Gasteiger charge is -2.38. The second-order valence-electron chi connectivity index (χ2n) is 9.96. The Bertz CT molecular complexity index is 1070. The Morgan fingerprint density at radius 2 is 1.66 bits per heavy atom. The van der Waals surface area contributed by atoms with Crippen molar-refractivity contribution < 1.29 is 35.9 Å². The molecule has 0 radical (unpaired) electrons. The number of carbonyl (C=O) groups is 1. The van der Waals surface area contributed by atoms with E-state index in [2.05, 4.69) is 20.8 Å². The molecule has 0 aromatic heterocycles. The number of hydrogen-bond donors (Lipinski definition) is 0. The molecule has 1 amide bonds. The van der Waals surface area contributed by atoms with Crippen LogP contribution in [0.4, 0.5) is 31.1 Å². The van der Waals surface area contributed by atoms with Crippen molar-refractivity contribution in [2.45, 2.75) is 81.3 Å². The van der Waals surface area contributed by atoms with Gasteiger partial charge in [-0.15, -0.1) is 0 Å². The minimum Gasteiger partial charge on any atom is -0.439 e. The number of rotatable bonds is 5. The van der Waals surface area contributed by atoms with Gasteiger partial charge in [0.2, 0.25) is 0 Å². The van der Waals surface area contributed by atoms with Crippen LogP contribution < -0.4 is 0 Å². The van der Waals surface area contributed by atoms with Gasteiger partial charge in [-0.25, -0.2) is 4.79 Å². The van der Waals surface area contributed by atoms with Crippen molar-refractivity contribution in [1.82, 2.24) is 9.80 Å². The number of amidine groups is 1. The molecule has 2 fully saturated rings. The Morgan fingerprint density at radius 3 is 2.21 bits per heavy atom. The van der Waals surface area contributed by atoms with E-state index >= 15 is 0 Å². The Morgan fingerprint density at radius 1 is 1.05 bits per heavy atom. The number of hydrogen-bond acceptors (Lipinski definition) is 4. The highest BCUT2D eigenvalue weighted by Gasteiger charge is 2.44. The van der Waals surface area contributed by atoms with Crippen molar-refractivity contribution in [1.29, 1.82) is 0 Å². The van der Waals surface area contributed by atoms with Gasteiger partial charge < -0.3 is 9.64 Å². The van der Waals surface area contributed by atoms with Gasteiger partial charge in [0, 0.05) is 18.2 Å². The fourth-order valence-corrected chi connectivity index (χ4v) is 5.94. The van der Waals surface area contributed by atoms with E-state index in [4.69, 9.17) is 9.73 Å². The molecule has 4 rings (SSSR count). The first-order valence-corrected chi connectivity index (χ1v) is 13.6. The van der Waals surface area contributed by atoms with Gasteiger partial charge in [0.25, 0.3) is 0 Å². The summed E-state index contributed by atoms with van der Waals surface area (Å²) in [6.07, 6.45) is -4.59. The van der Waals surface area contributed by atoms with E-state index in [9.17, 15) is 31.1 Å². The predicted octanol–water partition coefficient (Wildman–Crippen LogP) is 7.36. The highest BCUT2D eigenvalue weighted by molar-refractivity contribution is 9.09. The average molecular weight is 610 g/mol. The summed E-state index contributed by atoms with van der Waals surface area (Å²) in [5.41, 5.74) is -2.46. The van der Waals surface area contributed by atoms with Crippen molar-refractivity contribution in [2.24, 2.45) is 4.99 Å². The minimum atomic E-state index is -4.99. The number of nitrogens with zero attached hydrogens (tertiary/aromatic N) is 3. The van der Waals surface area contributed by atoms with E-state index < -0.39 is 41.7 Å². The monoisotopic (exact) mass is 609 g/mol. The second-order valence-corrected chi connectivity index (χ2v) is 11.1. The lowest BCUT2D eigenvalue weighted by Crippen LogP contribution is -2.46. The molecule has 1 aromatic carbocycles. The number of likely N-dealkylation sites (N-methyl/N-ethyl adjacent to an activating group) is 1. The van der Waals surface area contributed by atoms with Crippen LogP contribution in [0.2, 0.25) is 0 Å². The summed E-state index contributed by atoms with van der Waals surface area (Å²) >= 11 is 3.55. The first-order valence-electron chi connectivity index (χ1n) is 12.7. The van der Waals surface area contributed by atoms with E-state index in [0.717, 1.165) is 43.6 Å². The lowest BCUT2D eigenvalue weighted by molar-refractivity contribution is -0.143. The van der Waals surface area contributed by atoms with Crippen LogP contribution in [0.1, 0.15) is 68.7 Å². The molecule has 1 unspecified atom stereocenters. The molecule has 210 valence electrons. The number of cyclic esters (lactones) is 1. The molecule has 1 saturated heterocycles. The van der Waals surface area contributed by atoms with Crippen LogP contribution in [-0.2, 0) is 17.1 Å². The number of benzene rings is 1. The van der Waals surface area contributed by atoms with Crippen molar-refractivity contribution in [3.05, 3.63) is 46.5 Å². The van der Waals surface area contributed by atoms with E-state index in [-0.39, 0.29) is 23.0 Å². The molecule has 0 spiro atoms. The maximum atomic E-state index is 13.4. The van der Waals surface area contributed by atoms with Crippen LogP contribution in [0.25, 0.3) is 0 Å². The first-order chi connectivity index (χ1) is 17.8. The van der Waals surface area contributed by atoms with Crippen LogP contribution in [0, 0.1) is 0 Å². The topological polar surface area (TPSA) is 45.1 Å².